The number of amides is 1. The number of methoxy groups -OCH3 is 2. The average Bonchev–Trinajstić information content (AvgIpc) is 2.98. The molecular formula is C21H22N2O3S. The number of thioether (sulfide) groups is 1. The van der Waals surface area contributed by atoms with Crippen molar-refractivity contribution in [2.24, 2.45) is 4.99 Å². The SMILES string of the molecule is CCCN1C(=O)/C(=C\c2ccc(OC)cc2OC)SC1=Nc1ccccc1. The number of nitrogens with zero attached hydrogens (tertiary/aromatic N) is 2. The van der Waals surface area contributed by atoms with Gasteiger partial charge in [0.25, 0.3) is 5.91 Å². The molecule has 5 nitrogen and oxygen atoms in total. The molecule has 1 fully saturated rings. The molecule has 1 aliphatic rings. The molecule has 0 aliphatic carbocycles. The Labute approximate surface area is 163 Å². The number of hydrogen-bond donors (Lipinski definition) is 0. The molecule has 0 unspecified atom stereocenters. The van der Waals surface area contributed by atoms with Crippen molar-refractivity contribution in [1.29, 1.82) is 0 Å². The lowest BCUT2D eigenvalue weighted by Gasteiger charge is -2.13. The van der Waals surface area contributed by atoms with Crippen LogP contribution in [0.4, 0.5) is 5.69 Å². The summed E-state index contributed by atoms with van der Waals surface area (Å²) in [6.07, 6.45) is 2.71. The molecule has 2 aromatic rings. The van der Waals surface area contributed by atoms with Gasteiger partial charge in [0.15, 0.2) is 5.17 Å². The molecule has 1 aliphatic heterocycles. The Kier molecular flexibility index (Phi) is 6.19. The second-order valence-electron chi connectivity index (χ2n) is 5.91. The normalized spacial score (nSPS) is 17.0. The van der Waals surface area contributed by atoms with E-state index in [4.69, 9.17) is 9.47 Å². The number of para-hydroxylation sites is 1. The quantitative estimate of drug-likeness (QED) is 0.679. The highest BCUT2D eigenvalue weighted by Crippen LogP contribution is 2.36. The van der Waals surface area contributed by atoms with E-state index in [-0.39, 0.29) is 5.91 Å². The van der Waals surface area contributed by atoms with Crippen molar-refractivity contribution in [3.63, 3.8) is 0 Å². The zero-order valence-corrected chi connectivity index (χ0v) is 16.5. The van der Waals surface area contributed by atoms with Crippen molar-refractivity contribution in [3.8, 4) is 11.5 Å². The lowest BCUT2D eigenvalue weighted by molar-refractivity contribution is -0.122. The average molecular weight is 382 g/mol. The Morgan fingerprint density at radius 3 is 2.56 bits per heavy atom. The molecule has 0 saturated carbocycles. The summed E-state index contributed by atoms with van der Waals surface area (Å²) >= 11 is 1.39. The Hall–Kier alpha value is -2.73. The summed E-state index contributed by atoms with van der Waals surface area (Å²) in [6, 6.07) is 15.2. The molecule has 0 bridgehead atoms. The number of aliphatic imine (C=N–C) groups is 1. The molecule has 27 heavy (non-hydrogen) atoms. The van der Waals surface area contributed by atoms with Gasteiger partial charge in [-0.2, -0.15) is 0 Å². The maximum Gasteiger partial charge on any atom is 0.266 e. The van der Waals surface area contributed by atoms with Crippen LogP contribution in [-0.4, -0.2) is 36.7 Å². The third-order valence-electron chi connectivity index (χ3n) is 4.04. The van der Waals surface area contributed by atoms with Gasteiger partial charge in [-0.25, -0.2) is 4.99 Å². The largest absolute Gasteiger partial charge is 0.497 e. The fraction of sp³-hybridized carbons (Fsp3) is 0.238. The molecule has 3 rings (SSSR count). The molecule has 0 spiro atoms. The van der Waals surface area contributed by atoms with E-state index in [1.54, 1.807) is 25.2 Å². The highest BCUT2D eigenvalue weighted by atomic mass is 32.2. The summed E-state index contributed by atoms with van der Waals surface area (Å²) in [5.41, 5.74) is 1.66. The Balaban J connectivity index is 1.96. The van der Waals surface area contributed by atoms with E-state index in [1.165, 1.54) is 11.8 Å². The van der Waals surface area contributed by atoms with Crippen LogP contribution < -0.4 is 9.47 Å². The minimum Gasteiger partial charge on any atom is -0.497 e. The van der Waals surface area contributed by atoms with Gasteiger partial charge in [-0.1, -0.05) is 25.1 Å². The van der Waals surface area contributed by atoms with Crippen LogP contribution in [0.1, 0.15) is 18.9 Å². The van der Waals surface area contributed by atoms with Gasteiger partial charge in [0.05, 0.1) is 24.8 Å². The molecule has 140 valence electrons. The number of carbonyl (C=O) groups excluding carboxylic acids is 1. The fourth-order valence-corrected chi connectivity index (χ4v) is 3.72. The zero-order chi connectivity index (χ0) is 19.2. The van der Waals surface area contributed by atoms with Crippen LogP contribution in [0.15, 0.2) is 58.4 Å². The van der Waals surface area contributed by atoms with Crippen molar-refractivity contribution in [2.75, 3.05) is 20.8 Å². The van der Waals surface area contributed by atoms with Gasteiger partial charge in [-0.15, -0.1) is 0 Å². The molecule has 1 amide bonds. The highest BCUT2D eigenvalue weighted by molar-refractivity contribution is 8.18. The highest BCUT2D eigenvalue weighted by Gasteiger charge is 2.33. The van der Waals surface area contributed by atoms with Gasteiger partial charge in [0, 0.05) is 18.2 Å². The fourth-order valence-electron chi connectivity index (χ4n) is 2.70. The smallest absolute Gasteiger partial charge is 0.266 e. The van der Waals surface area contributed by atoms with Gasteiger partial charge in [0.1, 0.15) is 11.5 Å². The van der Waals surface area contributed by atoms with Crippen LogP contribution in [0.5, 0.6) is 11.5 Å². The first-order valence-electron chi connectivity index (χ1n) is 8.73. The Morgan fingerprint density at radius 1 is 1.11 bits per heavy atom. The van der Waals surface area contributed by atoms with Gasteiger partial charge in [0.2, 0.25) is 0 Å². The minimum atomic E-state index is -0.0330. The maximum atomic E-state index is 12.9. The maximum absolute atomic E-state index is 12.9. The lowest BCUT2D eigenvalue weighted by Crippen LogP contribution is -2.29. The van der Waals surface area contributed by atoms with Crippen LogP contribution in [0.3, 0.4) is 0 Å². The van der Waals surface area contributed by atoms with Gasteiger partial charge in [-0.05, 0) is 48.5 Å². The van der Waals surface area contributed by atoms with E-state index in [0.717, 1.165) is 17.7 Å². The molecule has 0 radical (unpaired) electrons. The second kappa shape index (κ2) is 8.77. The van der Waals surface area contributed by atoms with Crippen molar-refractivity contribution < 1.29 is 14.3 Å². The zero-order valence-electron chi connectivity index (χ0n) is 15.6. The summed E-state index contributed by atoms with van der Waals surface area (Å²) in [5.74, 6) is 1.33. The summed E-state index contributed by atoms with van der Waals surface area (Å²) in [4.78, 5) is 19.9. The lowest BCUT2D eigenvalue weighted by atomic mass is 10.1. The first kappa shape index (κ1) is 19.0. The minimum absolute atomic E-state index is 0.0330. The number of hydrogen-bond acceptors (Lipinski definition) is 5. The van der Waals surface area contributed by atoms with Crippen molar-refractivity contribution in [3.05, 3.63) is 59.0 Å². The predicted molar refractivity (Wildman–Crippen MR) is 111 cm³/mol. The van der Waals surface area contributed by atoms with E-state index in [1.807, 2.05) is 55.5 Å². The molecule has 2 aromatic carbocycles. The molecule has 0 N–H and O–H groups in total. The number of amidine groups is 1. The monoisotopic (exact) mass is 382 g/mol. The first-order valence-corrected chi connectivity index (χ1v) is 9.55. The summed E-state index contributed by atoms with van der Waals surface area (Å²) in [5, 5.41) is 0.701. The Bertz CT molecular complexity index is 878. The molecular weight excluding hydrogens is 360 g/mol. The third-order valence-corrected chi connectivity index (χ3v) is 5.05. The van der Waals surface area contributed by atoms with Crippen LogP contribution in [0.2, 0.25) is 0 Å². The van der Waals surface area contributed by atoms with Gasteiger partial charge < -0.3 is 9.47 Å². The number of benzene rings is 2. The van der Waals surface area contributed by atoms with E-state index in [2.05, 4.69) is 4.99 Å². The van der Waals surface area contributed by atoms with Gasteiger partial charge >= 0.3 is 0 Å². The van der Waals surface area contributed by atoms with Crippen LogP contribution in [-0.2, 0) is 4.79 Å². The molecule has 0 aromatic heterocycles. The molecule has 6 heteroatoms. The van der Waals surface area contributed by atoms with Crippen LogP contribution in [0.25, 0.3) is 6.08 Å². The predicted octanol–water partition coefficient (Wildman–Crippen LogP) is 4.72. The number of ether oxygens (including phenoxy) is 2. The summed E-state index contributed by atoms with van der Waals surface area (Å²) in [7, 11) is 3.21. The molecule has 1 heterocycles. The molecule has 0 atom stereocenters. The van der Waals surface area contributed by atoms with Crippen LogP contribution >= 0.6 is 11.8 Å². The van der Waals surface area contributed by atoms with Crippen LogP contribution in [0, 0.1) is 0 Å². The molecule has 1 saturated heterocycles. The van der Waals surface area contributed by atoms with Crippen molar-refractivity contribution in [1.82, 2.24) is 4.90 Å². The summed E-state index contributed by atoms with van der Waals surface area (Å²) in [6.45, 7) is 2.68. The van der Waals surface area contributed by atoms with Crippen molar-refractivity contribution in [2.45, 2.75) is 13.3 Å². The van der Waals surface area contributed by atoms with Crippen molar-refractivity contribution >= 4 is 34.6 Å². The van der Waals surface area contributed by atoms with E-state index in [0.29, 0.717) is 28.1 Å². The Morgan fingerprint density at radius 2 is 1.89 bits per heavy atom. The topological polar surface area (TPSA) is 51.1 Å². The van der Waals surface area contributed by atoms with E-state index in [9.17, 15) is 4.79 Å². The second-order valence-corrected chi connectivity index (χ2v) is 6.91. The number of carbonyl (C=O) groups is 1. The first-order chi connectivity index (χ1) is 13.2. The third kappa shape index (κ3) is 4.34. The van der Waals surface area contributed by atoms with E-state index >= 15 is 0 Å². The summed E-state index contributed by atoms with van der Waals surface area (Å²) < 4.78 is 10.7. The number of rotatable bonds is 6. The van der Waals surface area contributed by atoms with E-state index < -0.39 is 0 Å². The van der Waals surface area contributed by atoms with Gasteiger partial charge in [-0.3, -0.25) is 9.69 Å². The standard InChI is InChI=1S/C21H22N2O3S/c1-4-12-23-20(24)19(27-21(23)22-16-8-6-5-7-9-16)13-15-10-11-17(25-2)14-18(15)26-3/h5-11,13-14H,4,12H2,1-3H3/b19-13+,22-21?.